The summed E-state index contributed by atoms with van der Waals surface area (Å²) in [7, 11) is 0. The average Bonchev–Trinajstić information content (AvgIpc) is 1.97. The van der Waals surface area contributed by atoms with Crippen LogP contribution in [0.25, 0.3) is 0 Å². The summed E-state index contributed by atoms with van der Waals surface area (Å²) in [5.41, 5.74) is 10.5. The quantitative estimate of drug-likeness (QED) is 0.301. The van der Waals surface area contributed by atoms with E-state index in [0.29, 0.717) is 0 Å². The Balaban J connectivity index is 3.59. The van der Waals surface area contributed by atoms with Gasteiger partial charge in [0.2, 0.25) is 10.5 Å². The molecule has 60 valence electrons. The van der Waals surface area contributed by atoms with Crippen LogP contribution in [0.4, 0.5) is 11.6 Å². The summed E-state index contributed by atoms with van der Waals surface area (Å²) in [5, 5.41) is 9.05. The molecule has 6 nitrogen and oxygen atoms in total. The van der Waals surface area contributed by atoms with Crippen molar-refractivity contribution < 1.29 is 5.11 Å². The summed E-state index contributed by atoms with van der Waals surface area (Å²) in [5.74, 6) is 4.70. The van der Waals surface area contributed by atoms with Crippen molar-refractivity contribution in [2.45, 2.75) is 0 Å². The molecule has 1 aromatic heterocycles. The predicted molar refractivity (Wildman–Crippen MR) is 43.7 cm³/mol. The second-order valence-corrected chi connectivity index (χ2v) is 2.25. The molecular weight excluding hydrogens is 166 g/mol. The van der Waals surface area contributed by atoms with E-state index < -0.39 is 0 Å². The normalized spacial score (nSPS) is 9.82. The van der Waals surface area contributed by atoms with Crippen molar-refractivity contribution in [3.05, 3.63) is 4.77 Å². The first-order valence-corrected chi connectivity index (χ1v) is 3.07. The smallest absolute Gasteiger partial charge is 0.222 e. The first-order valence-electron chi connectivity index (χ1n) is 2.66. The molecule has 0 saturated heterocycles. The lowest BCUT2D eigenvalue weighted by Crippen LogP contribution is -2.17. The monoisotopic (exact) mass is 173 g/mol. The van der Waals surface area contributed by atoms with E-state index in [2.05, 4.69) is 17.2 Å². The van der Waals surface area contributed by atoms with Crippen molar-refractivity contribution in [2.75, 3.05) is 17.3 Å². The van der Waals surface area contributed by atoms with Crippen molar-refractivity contribution in [1.82, 2.24) is 9.66 Å². The summed E-state index contributed by atoms with van der Waals surface area (Å²) in [6.45, 7) is 0. The molecule has 1 heterocycles. The maximum Gasteiger partial charge on any atom is 0.222 e. The van der Waals surface area contributed by atoms with Gasteiger partial charge in [-0.1, -0.05) is 0 Å². The zero-order valence-corrected chi connectivity index (χ0v) is 6.30. The molecule has 7 heteroatoms. The first kappa shape index (κ1) is 7.61. The van der Waals surface area contributed by atoms with Gasteiger partial charge in [0.15, 0.2) is 11.6 Å². The number of aromatic hydroxyl groups is 1. The van der Waals surface area contributed by atoms with Crippen molar-refractivity contribution in [3.63, 3.8) is 0 Å². The number of nitrogen functional groups attached to an aromatic ring is 3. The molecular formula is C4H7N5OS. The molecule has 0 aliphatic carbocycles. The number of aromatic nitrogens is 2. The Hall–Kier alpha value is -1.50. The third-order valence-electron chi connectivity index (χ3n) is 1.17. The third kappa shape index (κ3) is 1.05. The fraction of sp³-hybridized carbons (Fsp3) is 0. The summed E-state index contributed by atoms with van der Waals surface area (Å²) in [4.78, 5) is 3.53. The molecule has 0 aliphatic heterocycles. The maximum atomic E-state index is 9.05. The standard InChI is InChI=1S/C4H7N5OS/c5-2-1(10)3(6)9(7)4(11)8-2/h10H,6-7H2,(H2,5,8,11). The highest BCUT2D eigenvalue weighted by Crippen LogP contribution is 2.22. The Labute approximate surface area is 67.2 Å². The lowest BCUT2D eigenvalue weighted by Gasteiger charge is -2.06. The minimum absolute atomic E-state index is 0.0257. The Kier molecular flexibility index (Phi) is 1.57. The van der Waals surface area contributed by atoms with E-state index in [0.717, 1.165) is 4.68 Å². The van der Waals surface area contributed by atoms with Gasteiger partial charge < -0.3 is 22.4 Å². The van der Waals surface area contributed by atoms with E-state index >= 15 is 0 Å². The Bertz CT molecular complexity index is 345. The number of nitrogens with two attached hydrogens (primary N) is 3. The van der Waals surface area contributed by atoms with Gasteiger partial charge in [0, 0.05) is 0 Å². The molecule has 0 fully saturated rings. The highest BCUT2D eigenvalue weighted by Gasteiger charge is 2.06. The molecule has 7 N–H and O–H groups in total. The van der Waals surface area contributed by atoms with Crippen LogP contribution >= 0.6 is 12.2 Å². The molecule has 0 unspecified atom stereocenters. The van der Waals surface area contributed by atoms with Crippen LogP contribution in [-0.4, -0.2) is 14.8 Å². The van der Waals surface area contributed by atoms with E-state index in [-0.39, 0.29) is 22.2 Å². The van der Waals surface area contributed by atoms with E-state index in [4.69, 9.17) is 22.4 Å². The van der Waals surface area contributed by atoms with Crippen molar-refractivity contribution in [3.8, 4) is 5.75 Å². The molecule has 0 amide bonds. The molecule has 1 rings (SSSR count). The number of hydrogen-bond acceptors (Lipinski definition) is 6. The molecule has 0 bridgehead atoms. The van der Waals surface area contributed by atoms with E-state index in [1.165, 1.54) is 0 Å². The lowest BCUT2D eigenvalue weighted by atomic mass is 10.5. The number of hydrogen-bond donors (Lipinski definition) is 4. The van der Waals surface area contributed by atoms with E-state index in [1.807, 2.05) is 0 Å². The van der Waals surface area contributed by atoms with E-state index in [9.17, 15) is 0 Å². The fourth-order valence-corrected chi connectivity index (χ4v) is 0.755. The van der Waals surface area contributed by atoms with Gasteiger partial charge >= 0.3 is 0 Å². The number of nitrogens with zero attached hydrogens (tertiary/aromatic N) is 2. The Morgan fingerprint density at radius 1 is 1.45 bits per heavy atom. The van der Waals surface area contributed by atoms with Crippen LogP contribution in [0, 0.1) is 4.77 Å². The molecule has 0 atom stereocenters. The van der Waals surface area contributed by atoms with Gasteiger partial charge in [-0.3, -0.25) is 0 Å². The third-order valence-corrected chi connectivity index (χ3v) is 1.45. The molecule has 0 aromatic carbocycles. The van der Waals surface area contributed by atoms with E-state index in [1.54, 1.807) is 0 Å². The van der Waals surface area contributed by atoms with Crippen molar-refractivity contribution in [1.29, 1.82) is 0 Å². The van der Waals surface area contributed by atoms with Crippen LogP contribution in [0.5, 0.6) is 5.75 Å². The largest absolute Gasteiger partial charge is 0.502 e. The highest BCUT2D eigenvalue weighted by atomic mass is 32.1. The van der Waals surface area contributed by atoms with Crippen molar-refractivity contribution >= 4 is 23.9 Å². The molecule has 0 spiro atoms. The maximum absolute atomic E-state index is 9.05. The summed E-state index contributed by atoms with van der Waals surface area (Å²) >= 11 is 4.64. The topological polar surface area (TPSA) is 116 Å². The minimum atomic E-state index is -0.346. The van der Waals surface area contributed by atoms with Crippen LogP contribution in [0.2, 0.25) is 0 Å². The van der Waals surface area contributed by atoms with Crippen LogP contribution in [-0.2, 0) is 0 Å². The second-order valence-electron chi connectivity index (χ2n) is 1.88. The van der Waals surface area contributed by atoms with Crippen LogP contribution < -0.4 is 17.3 Å². The van der Waals surface area contributed by atoms with Gasteiger partial charge in [-0.05, 0) is 12.2 Å². The fourth-order valence-electron chi connectivity index (χ4n) is 0.558. The van der Waals surface area contributed by atoms with Gasteiger partial charge in [-0.25, -0.2) is 4.68 Å². The predicted octanol–water partition coefficient (Wildman–Crippen LogP) is -0.804. The van der Waals surface area contributed by atoms with Crippen LogP contribution in [0.15, 0.2) is 0 Å². The average molecular weight is 173 g/mol. The molecule has 0 aliphatic rings. The van der Waals surface area contributed by atoms with Gasteiger partial charge in [0.25, 0.3) is 0 Å². The van der Waals surface area contributed by atoms with Crippen LogP contribution in [0.3, 0.4) is 0 Å². The van der Waals surface area contributed by atoms with Gasteiger partial charge in [0.1, 0.15) is 0 Å². The van der Waals surface area contributed by atoms with Gasteiger partial charge in [-0.15, -0.1) is 0 Å². The van der Waals surface area contributed by atoms with Crippen molar-refractivity contribution in [2.24, 2.45) is 0 Å². The summed E-state index contributed by atoms with van der Waals surface area (Å²) in [6.07, 6.45) is 0. The van der Waals surface area contributed by atoms with Gasteiger partial charge in [-0.2, -0.15) is 4.98 Å². The zero-order chi connectivity index (χ0) is 8.59. The lowest BCUT2D eigenvalue weighted by molar-refractivity contribution is 0.473. The first-order chi connectivity index (χ1) is 5.04. The van der Waals surface area contributed by atoms with Crippen LogP contribution in [0.1, 0.15) is 0 Å². The summed E-state index contributed by atoms with van der Waals surface area (Å²) < 4.78 is 0.902. The summed E-state index contributed by atoms with van der Waals surface area (Å²) in [6, 6.07) is 0. The molecule has 1 aromatic rings. The Morgan fingerprint density at radius 2 is 2.00 bits per heavy atom. The molecule has 0 radical (unpaired) electrons. The second kappa shape index (κ2) is 2.27. The highest BCUT2D eigenvalue weighted by molar-refractivity contribution is 7.71. The number of rotatable bonds is 0. The Morgan fingerprint density at radius 3 is 2.55 bits per heavy atom. The minimum Gasteiger partial charge on any atom is -0.502 e. The molecule has 0 saturated carbocycles. The van der Waals surface area contributed by atoms with Gasteiger partial charge in [0.05, 0.1) is 0 Å². The number of anilines is 2. The molecule has 11 heavy (non-hydrogen) atoms. The zero-order valence-electron chi connectivity index (χ0n) is 5.48. The SMILES string of the molecule is Nc1nc(=S)n(N)c(N)c1O.